The molecule has 6 heteroatoms. The summed E-state index contributed by atoms with van der Waals surface area (Å²) in [6, 6.07) is 3.98. The molecule has 2 aromatic heterocycles. The van der Waals surface area contributed by atoms with E-state index in [0.717, 1.165) is 21.8 Å². The van der Waals surface area contributed by atoms with E-state index in [1.54, 1.807) is 24.2 Å². The average molecular weight is 299 g/mol. The van der Waals surface area contributed by atoms with E-state index in [1.807, 2.05) is 23.0 Å². The molecule has 0 saturated carbocycles. The number of hydrogen-bond donors (Lipinski definition) is 1. The van der Waals surface area contributed by atoms with Crippen molar-refractivity contribution in [3.8, 4) is 0 Å². The Morgan fingerprint density at radius 1 is 1.38 bits per heavy atom. The van der Waals surface area contributed by atoms with E-state index in [4.69, 9.17) is 5.73 Å². The number of aryl methyl sites for hydroxylation is 1. The van der Waals surface area contributed by atoms with Gasteiger partial charge in [0.05, 0.1) is 23.5 Å². The topological polar surface area (TPSA) is 56.7 Å². The highest BCUT2D eigenvalue weighted by Gasteiger charge is 1.98. The van der Waals surface area contributed by atoms with Crippen LogP contribution in [0.4, 0.5) is 5.69 Å². The lowest BCUT2D eigenvalue weighted by molar-refractivity contribution is 0.666. The van der Waals surface area contributed by atoms with E-state index in [1.165, 1.54) is 0 Å². The second-order valence-electron chi connectivity index (χ2n) is 3.20. The van der Waals surface area contributed by atoms with E-state index in [-0.39, 0.29) is 0 Å². The maximum Gasteiger partial charge on any atom is 0.0961 e. The van der Waals surface area contributed by atoms with Crippen molar-refractivity contribution in [2.45, 2.75) is 11.6 Å². The van der Waals surface area contributed by atoms with Gasteiger partial charge in [-0.25, -0.2) is 4.98 Å². The van der Waals surface area contributed by atoms with Gasteiger partial charge in [0.1, 0.15) is 0 Å². The molecule has 0 spiro atoms. The number of nitrogens with two attached hydrogens (primary N) is 1. The number of halogens is 1. The quantitative estimate of drug-likeness (QED) is 0.881. The van der Waals surface area contributed by atoms with Gasteiger partial charge in [0, 0.05) is 22.6 Å². The molecule has 16 heavy (non-hydrogen) atoms. The second kappa shape index (κ2) is 5.36. The van der Waals surface area contributed by atoms with Crippen LogP contribution in [0.3, 0.4) is 0 Å². The molecule has 2 heterocycles. The van der Waals surface area contributed by atoms with Gasteiger partial charge in [-0.15, -0.1) is 11.8 Å². The van der Waals surface area contributed by atoms with Crippen molar-refractivity contribution in [3.05, 3.63) is 35.2 Å². The molecule has 0 atom stereocenters. The first kappa shape index (κ1) is 11.5. The maximum absolute atomic E-state index is 5.57. The summed E-state index contributed by atoms with van der Waals surface area (Å²) < 4.78 is 2.83. The van der Waals surface area contributed by atoms with Crippen LogP contribution in [-0.4, -0.2) is 20.5 Å². The molecule has 0 bridgehead atoms. The first-order valence-corrected chi connectivity index (χ1v) is 6.54. The molecule has 4 nitrogen and oxygen atoms in total. The normalized spacial score (nSPS) is 10.6. The Kier molecular flexibility index (Phi) is 3.84. The van der Waals surface area contributed by atoms with Crippen molar-refractivity contribution in [2.24, 2.45) is 0 Å². The highest BCUT2D eigenvalue weighted by molar-refractivity contribution is 9.10. The van der Waals surface area contributed by atoms with Gasteiger partial charge in [0.2, 0.25) is 0 Å². The Labute approximate surface area is 106 Å². The zero-order chi connectivity index (χ0) is 11.4. The third-order valence-corrected chi connectivity index (χ3v) is 3.32. The highest BCUT2D eigenvalue weighted by Crippen LogP contribution is 2.17. The Bertz CT molecular complexity index is 454. The number of anilines is 1. The van der Waals surface area contributed by atoms with Crippen LogP contribution in [0.2, 0.25) is 0 Å². The summed E-state index contributed by atoms with van der Waals surface area (Å²) in [5, 5.41) is 5.13. The van der Waals surface area contributed by atoms with Gasteiger partial charge in [-0.1, -0.05) is 0 Å². The van der Waals surface area contributed by atoms with Crippen LogP contribution >= 0.6 is 27.7 Å². The van der Waals surface area contributed by atoms with Gasteiger partial charge in [-0.05, 0) is 28.1 Å². The van der Waals surface area contributed by atoms with Crippen LogP contribution in [0, 0.1) is 0 Å². The highest BCUT2D eigenvalue weighted by atomic mass is 79.9. The van der Waals surface area contributed by atoms with Gasteiger partial charge in [0.25, 0.3) is 0 Å². The molecule has 0 aliphatic heterocycles. The van der Waals surface area contributed by atoms with Crippen LogP contribution < -0.4 is 5.73 Å². The number of nitrogens with zero attached hydrogens (tertiary/aromatic N) is 3. The standard InChI is InChI=1S/C10H11BrN4S/c11-8-1-2-10(13-5-8)16-4-3-15-7-9(12)6-14-15/h1-2,5-7H,3-4,12H2. The van der Waals surface area contributed by atoms with Crippen LogP contribution in [-0.2, 0) is 6.54 Å². The summed E-state index contributed by atoms with van der Waals surface area (Å²) in [5.41, 5.74) is 6.27. The monoisotopic (exact) mass is 298 g/mol. The van der Waals surface area contributed by atoms with Crippen molar-refractivity contribution >= 4 is 33.4 Å². The van der Waals surface area contributed by atoms with Crippen LogP contribution in [0.1, 0.15) is 0 Å². The van der Waals surface area contributed by atoms with Gasteiger partial charge in [0.15, 0.2) is 0 Å². The number of pyridine rings is 1. The van der Waals surface area contributed by atoms with Crippen molar-refractivity contribution in [1.82, 2.24) is 14.8 Å². The van der Waals surface area contributed by atoms with Crippen LogP contribution in [0.5, 0.6) is 0 Å². The second-order valence-corrected chi connectivity index (χ2v) is 5.23. The first-order valence-electron chi connectivity index (χ1n) is 4.76. The lowest BCUT2D eigenvalue weighted by Gasteiger charge is -2.01. The first-order chi connectivity index (χ1) is 7.74. The molecule has 0 radical (unpaired) electrons. The van der Waals surface area contributed by atoms with Gasteiger partial charge < -0.3 is 5.73 Å². The summed E-state index contributed by atoms with van der Waals surface area (Å²) in [6.45, 7) is 0.833. The summed E-state index contributed by atoms with van der Waals surface area (Å²) in [4.78, 5) is 4.28. The van der Waals surface area contributed by atoms with Crippen LogP contribution in [0.25, 0.3) is 0 Å². The largest absolute Gasteiger partial charge is 0.396 e. The number of thioether (sulfide) groups is 1. The Balaban J connectivity index is 1.82. The molecule has 0 saturated heterocycles. The Hall–Kier alpha value is -1.01. The smallest absolute Gasteiger partial charge is 0.0961 e. The lowest BCUT2D eigenvalue weighted by atomic mass is 10.5. The molecule has 2 N–H and O–H groups in total. The van der Waals surface area contributed by atoms with E-state index < -0.39 is 0 Å². The predicted molar refractivity (Wildman–Crippen MR) is 69.3 cm³/mol. The molecular formula is C10H11BrN4S. The fraction of sp³-hybridized carbons (Fsp3) is 0.200. The molecule has 84 valence electrons. The summed E-state index contributed by atoms with van der Waals surface area (Å²) >= 11 is 5.05. The summed E-state index contributed by atoms with van der Waals surface area (Å²) in [7, 11) is 0. The Morgan fingerprint density at radius 3 is 2.88 bits per heavy atom. The van der Waals surface area contributed by atoms with E-state index >= 15 is 0 Å². The van der Waals surface area contributed by atoms with Crippen molar-refractivity contribution in [1.29, 1.82) is 0 Å². The van der Waals surface area contributed by atoms with Gasteiger partial charge in [-0.3, -0.25) is 4.68 Å². The minimum atomic E-state index is 0.701. The number of aromatic nitrogens is 3. The summed E-state index contributed by atoms with van der Waals surface area (Å²) in [6.07, 6.45) is 5.28. The van der Waals surface area contributed by atoms with Gasteiger partial charge in [-0.2, -0.15) is 5.10 Å². The molecule has 0 amide bonds. The molecule has 2 aromatic rings. The van der Waals surface area contributed by atoms with Crippen molar-refractivity contribution in [3.63, 3.8) is 0 Å². The fourth-order valence-electron chi connectivity index (χ4n) is 1.19. The number of hydrogen-bond acceptors (Lipinski definition) is 4. The van der Waals surface area contributed by atoms with Gasteiger partial charge >= 0.3 is 0 Å². The number of nitrogen functional groups attached to an aromatic ring is 1. The third kappa shape index (κ3) is 3.24. The molecular weight excluding hydrogens is 288 g/mol. The minimum absolute atomic E-state index is 0.701. The molecule has 0 aromatic carbocycles. The molecule has 2 rings (SSSR count). The third-order valence-electron chi connectivity index (χ3n) is 1.92. The molecule has 0 fully saturated rings. The summed E-state index contributed by atoms with van der Waals surface area (Å²) in [5.74, 6) is 0.926. The Morgan fingerprint density at radius 2 is 2.25 bits per heavy atom. The van der Waals surface area contributed by atoms with Crippen molar-refractivity contribution in [2.75, 3.05) is 11.5 Å². The maximum atomic E-state index is 5.57. The SMILES string of the molecule is Nc1cnn(CCSc2ccc(Br)cn2)c1. The predicted octanol–water partition coefficient (Wildman–Crippen LogP) is 2.42. The lowest BCUT2D eigenvalue weighted by Crippen LogP contribution is -2.00. The zero-order valence-corrected chi connectivity index (χ0v) is 10.9. The van der Waals surface area contributed by atoms with E-state index in [9.17, 15) is 0 Å². The minimum Gasteiger partial charge on any atom is -0.396 e. The average Bonchev–Trinajstić information content (AvgIpc) is 2.67. The van der Waals surface area contributed by atoms with Crippen molar-refractivity contribution < 1.29 is 0 Å². The fourth-order valence-corrected chi connectivity index (χ4v) is 2.21. The molecule has 0 aliphatic carbocycles. The van der Waals surface area contributed by atoms with E-state index in [2.05, 4.69) is 26.0 Å². The molecule has 0 unspecified atom stereocenters. The zero-order valence-electron chi connectivity index (χ0n) is 8.51. The number of rotatable bonds is 4. The molecule has 0 aliphatic rings. The van der Waals surface area contributed by atoms with Crippen LogP contribution in [0.15, 0.2) is 40.2 Å². The van der Waals surface area contributed by atoms with E-state index in [0.29, 0.717) is 5.69 Å².